The summed E-state index contributed by atoms with van der Waals surface area (Å²) in [5.74, 6) is 1.28. The topological polar surface area (TPSA) is 94.8 Å². The van der Waals surface area contributed by atoms with Crippen LogP contribution in [0.15, 0.2) is 0 Å². The molecular weight excluding hydrogens is 268 g/mol. The van der Waals surface area contributed by atoms with Gasteiger partial charge < -0.3 is 5.11 Å². The minimum absolute atomic E-state index is 0.347. The Morgan fingerprint density at radius 1 is 0.947 bits per heavy atom. The minimum atomic E-state index is -4.67. The van der Waals surface area contributed by atoms with E-state index in [2.05, 4.69) is 20.8 Å². The van der Waals surface area contributed by atoms with E-state index in [-0.39, 0.29) is 0 Å². The maximum atomic E-state index is 8.93. The lowest BCUT2D eigenvalue weighted by Gasteiger charge is -2.14. The molecule has 0 saturated carbocycles. The molecule has 0 aliphatic carbocycles. The van der Waals surface area contributed by atoms with Gasteiger partial charge in [0.2, 0.25) is 0 Å². The van der Waals surface area contributed by atoms with Crippen molar-refractivity contribution in [2.24, 2.45) is 11.8 Å². The third-order valence-corrected chi connectivity index (χ3v) is 2.92. The van der Waals surface area contributed by atoms with Gasteiger partial charge in [-0.05, 0) is 18.3 Å². The third kappa shape index (κ3) is 27.1. The van der Waals surface area contributed by atoms with Crippen LogP contribution in [0.2, 0.25) is 0 Å². The van der Waals surface area contributed by atoms with Crippen molar-refractivity contribution in [2.45, 2.75) is 65.7 Å². The molecule has 2 atom stereocenters. The van der Waals surface area contributed by atoms with Crippen LogP contribution in [0.5, 0.6) is 0 Å². The molecule has 0 aliphatic heterocycles. The van der Waals surface area contributed by atoms with Crippen LogP contribution in [-0.2, 0) is 10.4 Å². The minimum Gasteiger partial charge on any atom is -0.396 e. The van der Waals surface area contributed by atoms with Gasteiger partial charge in [0, 0.05) is 6.61 Å². The summed E-state index contributed by atoms with van der Waals surface area (Å²) in [7, 11) is -4.67. The zero-order valence-electron chi connectivity index (χ0n) is 12.4. The fourth-order valence-electron chi connectivity index (χ4n) is 1.98. The summed E-state index contributed by atoms with van der Waals surface area (Å²) in [5.41, 5.74) is 0. The lowest BCUT2D eigenvalue weighted by atomic mass is 9.93. The van der Waals surface area contributed by atoms with Gasteiger partial charge in [0.25, 0.3) is 0 Å². The molecule has 0 spiro atoms. The quantitative estimate of drug-likeness (QED) is 0.448. The molecule has 2 unspecified atom stereocenters. The van der Waals surface area contributed by atoms with Crippen molar-refractivity contribution < 1.29 is 22.6 Å². The maximum absolute atomic E-state index is 8.93. The van der Waals surface area contributed by atoms with E-state index in [0.29, 0.717) is 12.5 Å². The van der Waals surface area contributed by atoms with Crippen molar-refractivity contribution in [3.05, 3.63) is 0 Å². The molecule has 0 bridgehead atoms. The molecule has 0 aromatic heterocycles. The average Bonchev–Trinajstić information content (AvgIpc) is 2.26. The van der Waals surface area contributed by atoms with Gasteiger partial charge in [0.05, 0.1) is 0 Å². The molecule has 0 aromatic rings. The SMILES string of the molecule is CCCCCCCC(C)CC(C)CO.O=S(=O)(O)O. The van der Waals surface area contributed by atoms with Crippen LogP contribution in [0, 0.1) is 11.8 Å². The fraction of sp³-hybridized carbons (Fsp3) is 1.00. The molecular formula is C13H30O5S. The van der Waals surface area contributed by atoms with Gasteiger partial charge in [0.15, 0.2) is 0 Å². The standard InChI is InChI=1S/C13H28O.H2O4S/c1-4-5-6-7-8-9-12(2)10-13(3)11-14;1-5(2,3)4/h12-14H,4-11H2,1-3H3;(H2,1,2,3,4). The zero-order valence-corrected chi connectivity index (χ0v) is 13.2. The molecule has 0 fully saturated rings. The monoisotopic (exact) mass is 298 g/mol. The van der Waals surface area contributed by atoms with Crippen LogP contribution < -0.4 is 0 Å². The zero-order chi connectivity index (χ0) is 15.3. The van der Waals surface area contributed by atoms with Crippen molar-refractivity contribution in [2.75, 3.05) is 6.61 Å². The van der Waals surface area contributed by atoms with E-state index in [0.717, 1.165) is 5.92 Å². The van der Waals surface area contributed by atoms with Gasteiger partial charge in [-0.2, -0.15) is 8.42 Å². The van der Waals surface area contributed by atoms with Crippen molar-refractivity contribution in [1.82, 2.24) is 0 Å². The van der Waals surface area contributed by atoms with Crippen molar-refractivity contribution >= 4 is 10.4 Å². The summed E-state index contributed by atoms with van der Waals surface area (Å²) in [4.78, 5) is 0. The molecule has 6 heteroatoms. The Balaban J connectivity index is 0. The second kappa shape index (κ2) is 12.8. The molecule has 118 valence electrons. The first-order valence-corrected chi connectivity index (χ1v) is 8.41. The Hall–Kier alpha value is -0.170. The van der Waals surface area contributed by atoms with Gasteiger partial charge in [-0.15, -0.1) is 0 Å². The Bertz CT molecular complexity index is 269. The Labute approximate surface area is 118 Å². The molecule has 0 amide bonds. The number of rotatable bonds is 9. The maximum Gasteiger partial charge on any atom is 0.394 e. The Morgan fingerprint density at radius 3 is 1.84 bits per heavy atom. The molecule has 0 radical (unpaired) electrons. The largest absolute Gasteiger partial charge is 0.396 e. The highest BCUT2D eigenvalue weighted by molar-refractivity contribution is 7.79. The molecule has 0 heterocycles. The van der Waals surface area contributed by atoms with Crippen molar-refractivity contribution in [3.63, 3.8) is 0 Å². The van der Waals surface area contributed by atoms with Gasteiger partial charge in [-0.1, -0.05) is 59.3 Å². The van der Waals surface area contributed by atoms with Gasteiger partial charge in [-0.25, -0.2) is 0 Å². The van der Waals surface area contributed by atoms with E-state index in [1.54, 1.807) is 0 Å². The Kier molecular flexibility index (Phi) is 14.3. The van der Waals surface area contributed by atoms with Crippen LogP contribution in [0.1, 0.15) is 65.7 Å². The van der Waals surface area contributed by atoms with E-state index in [4.69, 9.17) is 22.6 Å². The van der Waals surface area contributed by atoms with Crippen LogP contribution in [0.3, 0.4) is 0 Å². The summed E-state index contributed by atoms with van der Waals surface area (Å²) in [6.45, 7) is 7.05. The Morgan fingerprint density at radius 2 is 1.42 bits per heavy atom. The smallest absolute Gasteiger partial charge is 0.394 e. The highest BCUT2D eigenvalue weighted by atomic mass is 32.3. The number of hydrogen-bond donors (Lipinski definition) is 3. The van der Waals surface area contributed by atoms with Gasteiger partial charge >= 0.3 is 10.4 Å². The molecule has 0 aliphatic rings. The van der Waals surface area contributed by atoms with Gasteiger partial charge in [-0.3, -0.25) is 9.11 Å². The molecule has 3 N–H and O–H groups in total. The molecule has 19 heavy (non-hydrogen) atoms. The first-order chi connectivity index (χ1) is 8.70. The molecule has 0 rings (SSSR count). The predicted molar refractivity (Wildman–Crippen MR) is 77.6 cm³/mol. The first kappa shape index (κ1) is 21.1. The molecule has 0 saturated heterocycles. The number of aliphatic hydroxyl groups is 1. The summed E-state index contributed by atoms with van der Waals surface area (Å²) in [6, 6.07) is 0. The number of hydrogen-bond acceptors (Lipinski definition) is 3. The van der Waals surface area contributed by atoms with Crippen molar-refractivity contribution in [1.29, 1.82) is 0 Å². The highest BCUT2D eigenvalue weighted by Gasteiger charge is 2.07. The fourth-order valence-corrected chi connectivity index (χ4v) is 1.98. The van der Waals surface area contributed by atoms with Gasteiger partial charge in [0.1, 0.15) is 0 Å². The lowest BCUT2D eigenvalue weighted by molar-refractivity contribution is 0.212. The van der Waals surface area contributed by atoms with Crippen LogP contribution in [0.25, 0.3) is 0 Å². The van der Waals surface area contributed by atoms with E-state index < -0.39 is 10.4 Å². The summed E-state index contributed by atoms with van der Waals surface area (Å²) < 4.78 is 31.6. The van der Waals surface area contributed by atoms with Crippen molar-refractivity contribution in [3.8, 4) is 0 Å². The normalized spacial score (nSPS) is 14.4. The molecule has 5 nitrogen and oxygen atoms in total. The average molecular weight is 298 g/mol. The van der Waals surface area contributed by atoms with Crippen LogP contribution >= 0.6 is 0 Å². The number of aliphatic hydroxyl groups excluding tert-OH is 1. The van der Waals surface area contributed by atoms with Crippen LogP contribution in [0.4, 0.5) is 0 Å². The van der Waals surface area contributed by atoms with E-state index in [1.165, 1.54) is 44.9 Å². The van der Waals surface area contributed by atoms with Crippen LogP contribution in [-0.4, -0.2) is 29.2 Å². The summed E-state index contributed by atoms with van der Waals surface area (Å²) in [6.07, 6.45) is 9.42. The molecule has 0 aromatic carbocycles. The second-order valence-electron chi connectivity index (χ2n) is 5.28. The number of unbranched alkanes of at least 4 members (excludes halogenated alkanes) is 4. The van der Waals surface area contributed by atoms with E-state index >= 15 is 0 Å². The second-order valence-corrected chi connectivity index (χ2v) is 6.18. The predicted octanol–water partition coefficient (Wildman–Crippen LogP) is 3.35. The lowest BCUT2D eigenvalue weighted by Crippen LogP contribution is -2.06. The summed E-state index contributed by atoms with van der Waals surface area (Å²) >= 11 is 0. The summed E-state index contributed by atoms with van der Waals surface area (Å²) in [5, 5.41) is 8.93. The highest BCUT2D eigenvalue weighted by Crippen LogP contribution is 2.18. The third-order valence-electron chi connectivity index (χ3n) is 2.92. The van der Waals surface area contributed by atoms with E-state index in [1.807, 2.05) is 0 Å². The van der Waals surface area contributed by atoms with E-state index in [9.17, 15) is 0 Å². The first-order valence-electron chi connectivity index (χ1n) is 7.01.